The minimum Gasteiger partial charge on any atom is -0.393 e. The summed E-state index contributed by atoms with van der Waals surface area (Å²) >= 11 is 0. The molecule has 2 fully saturated rings. The minimum atomic E-state index is -0.0446. The van der Waals surface area contributed by atoms with E-state index < -0.39 is 0 Å². The molecule has 1 aliphatic carbocycles. The van der Waals surface area contributed by atoms with Crippen molar-refractivity contribution in [1.82, 2.24) is 5.32 Å². The van der Waals surface area contributed by atoms with Gasteiger partial charge in [-0.15, -0.1) is 0 Å². The van der Waals surface area contributed by atoms with Gasteiger partial charge in [0.1, 0.15) is 0 Å². The second kappa shape index (κ2) is 5.31. The highest BCUT2D eigenvalue weighted by Crippen LogP contribution is 2.33. The summed E-state index contributed by atoms with van der Waals surface area (Å²) in [5, 5.41) is 13.7. The van der Waals surface area contributed by atoms with Crippen molar-refractivity contribution in [1.29, 1.82) is 0 Å². The monoisotopic (exact) mass is 211 g/mol. The van der Waals surface area contributed by atoms with Crippen LogP contribution in [0, 0.1) is 11.8 Å². The Balaban J connectivity index is 1.93. The number of hydrogen-bond acceptors (Lipinski definition) is 2. The Morgan fingerprint density at radius 1 is 1.07 bits per heavy atom. The Labute approximate surface area is 93.5 Å². The molecule has 0 aromatic carbocycles. The molecule has 0 radical (unpaired) electrons. The van der Waals surface area contributed by atoms with Crippen LogP contribution in [-0.2, 0) is 0 Å². The van der Waals surface area contributed by atoms with Crippen molar-refractivity contribution in [2.45, 2.75) is 64.0 Å². The van der Waals surface area contributed by atoms with Crippen LogP contribution in [0.25, 0.3) is 0 Å². The van der Waals surface area contributed by atoms with Crippen LogP contribution in [0.3, 0.4) is 0 Å². The quantitative estimate of drug-likeness (QED) is 0.697. The lowest BCUT2D eigenvalue weighted by Gasteiger charge is -2.37. The van der Waals surface area contributed by atoms with E-state index in [0.29, 0.717) is 12.0 Å². The predicted molar refractivity (Wildman–Crippen MR) is 62.8 cm³/mol. The molecule has 4 unspecified atom stereocenters. The van der Waals surface area contributed by atoms with Crippen molar-refractivity contribution in [2.75, 3.05) is 6.54 Å². The van der Waals surface area contributed by atoms with Crippen LogP contribution in [0.5, 0.6) is 0 Å². The van der Waals surface area contributed by atoms with Gasteiger partial charge in [0.05, 0.1) is 6.10 Å². The summed E-state index contributed by atoms with van der Waals surface area (Å²) in [6.45, 7) is 3.48. The molecule has 1 aliphatic heterocycles. The van der Waals surface area contributed by atoms with Gasteiger partial charge in [-0.3, -0.25) is 0 Å². The molecule has 1 saturated carbocycles. The van der Waals surface area contributed by atoms with Gasteiger partial charge in [0.2, 0.25) is 0 Å². The highest BCUT2D eigenvalue weighted by Gasteiger charge is 2.33. The zero-order chi connectivity index (χ0) is 10.7. The normalized spacial score (nSPS) is 43.6. The lowest BCUT2D eigenvalue weighted by atomic mass is 9.75. The predicted octanol–water partition coefficient (Wildman–Crippen LogP) is 2.32. The topological polar surface area (TPSA) is 32.3 Å². The lowest BCUT2D eigenvalue weighted by Crippen LogP contribution is -2.44. The fourth-order valence-corrected chi connectivity index (χ4v) is 3.26. The Morgan fingerprint density at radius 2 is 1.93 bits per heavy atom. The minimum absolute atomic E-state index is 0.0446. The molecule has 0 aromatic rings. The van der Waals surface area contributed by atoms with Gasteiger partial charge in [0, 0.05) is 12.0 Å². The fraction of sp³-hybridized carbons (Fsp3) is 1.00. The Morgan fingerprint density at radius 3 is 2.80 bits per heavy atom. The SMILES string of the molecule is CC1CCC(O)C(C2CCCCCN2)C1. The third kappa shape index (κ3) is 2.94. The Bertz CT molecular complexity index is 187. The first-order valence-corrected chi connectivity index (χ1v) is 6.69. The van der Waals surface area contributed by atoms with Crippen molar-refractivity contribution in [3.8, 4) is 0 Å². The van der Waals surface area contributed by atoms with Gasteiger partial charge >= 0.3 is 0 Å². The largest absolute Gasteiger partial charge is 0.393 e. The van der Waals surface area contributed by atoms with E-state index in [9.17, 15) is 5.11 Å². The van der Waals surface area contributed by atoms with Crippen LogP contribution in [0.15, 0.2) is 0 Å². The lowest BCUT2D eigenvalue weighted by molar-refractivity contribution is 0.0303. The standard InChI is InChI=1S/C13H25NO/c1-10-6-7-13(15)11(9-10)12-5-3-2-4-8-14-12/h10-15H,2-9H2,1H3. The molecule has 88 valence electrons. The first-order valence-electron chi connectivity index (χ1n) is 6.69. The van der Waals surface area contributed by atoms with Crippen molar-refractivity contribution >= 4 is 0 Å². The average molecular weight is 211 g/mol. The zero-order valence-electron chi connectivity index (χ0n) is 9.91. The summed E-state index contributed by atoms with van der Waals surface area (Å²) in [5.41, 5.74) is 0. The second-order valence-electron chi connectivity index (χ2n) is 5.56. The average Bonchev–Trinajstić information content (AvgIpc) is 2.50. The van der Waals surface area contributed by atoms with E-state index in [1.807, 2.05) is 0 Å². The van der Waals surface area contributed by atoms with E-state index in [1.54, 1.807) is 0 Å². The Hall–Kier alpha value is -0.0800. The van der Waals surface area contributed by atoms with E-state index in [4.69, 9.17) is 0 Å². The van der Waals surface area contributed by atoms with E-state index in [0.717, 1.165) is 18.9 Å². The maximum atomic E-state index is 10.1. The van der Waals surface area contributed by atoms with E-state index >= 15 is 0 Å². The first kappa shape index (κ1) is 11.4. The number of hydrogen-bond donors (Lipinski definition) is 2. The number of aliphatic hydroxyl groups is 1. The van der Waals surface area contributed by atoms with Crippen LogP contribution >= 0.6 is 0 Å². The van der Waals surface area contributed by atoms with Crippen molar-refractivity contribution < 1.29 is 5.11 Å². The van der Waals surface area contributed by atoms with Crippen molar-refractivity contribution in [2.24, 2.45) is 11.8 Å². The molecule has 0 aromatic heterocycles. The molecule has 4 atom stereocenters. The van der Waals surface area contributed by atoms with Crippen LogP contribution in [-0.4, -0.2) is 23.8 Å². The Kier molecular flexibility index (Phi) is 4.04. The summed E-state index contributed by atoms with van der Waals surface area (Å²) in [6.07, 6.45) is 8.70. The molecular formula is C13H25NO. The van der Waals surface area contributed by atoms with Gasteiger partial charge in [-0.05, 0) is 44.6 Å². The van der Waals surface area contributed by atoms with E-state index in [-0.39, 0.29) is 6.10 Å². The zero-order valence-corrected chi connectivity index (χ0v) is 9.91. The fourth-order valence-electron chi connectivity index (χ4n) is 3.26. The van der Waals surface area contributed by atoms with Gasteiger partial charge in [0.25, 0.3) is 0 Å². The molecule has 1 saturated heterocycles. The smallest absolute Gasteiger partial charge is 0.0583 e. The molecular weight excluding hydrogens is 186 g/mol. The van der Waals surface area contributed by atoms with Crippen LogP contribution in [0.4, 0.5) is 0 Å². The van der Waals surface area contributed by atoms with Crippen molar-refractivity contribution in [3.63, 3.8) is 0 Å². The van der Waals surface area contributed by atoms with E-state index in [1.165, 1.54) is 38.5 Å². The number of rotatable bonds is 1. The number of nitrogens with one attached hydrogen (secondary N) is 1. The highest BCUT2D eigenvalue weighted by molar-refractivity contribution is 4.87. The molecule has 0 bridgehead atoms. The summed E-state index contributed by atoms with van der Waals surface area (Å²) in [6, 6.07) is 0.588. The number of aliphatic hydroxyl groups excluding tert-OH is 1. The molecule has 2 nitrogen and oxygen atoms in total. The molecule has 2 aliphatic rings. The maximum Gasteiger partial charge on any atom is 0.0583 e. The molecule has 0 amide bonds. The molecule has 1 heterocycles. The summed E-state index contributed by atoms with van der Waals surface area (Å²) in [5.74, 6) is 1.33. The van der Waals surface area contributed by atoms with Gasteiger partial charge in [-0.1, -0.05) is 19.8 Å². The van der Waals surface area contributed by atoms with Crippen LogP contribution < -0.4 is 5.32 Å². The van der Waals surface area contributed by atoms with Gasteiger partial charge < -0.3 is 10.4 Å². The second-order valence-corrected chi connectivity index (χ2v) is 5.56. The molecule has 2 rings (SSSR count). The van der Waals surface area contributed by atoms with Gasteiger partial charge in [0.15, 0.2) is 0 Å². The molecule has 15 heavy (non-hydrogen) atoms. The molecule has 2 heteroatoms. The highest BCUT2D eigenvalue weighted by atomic mass is 16.3. The van der Waals surface area contributed by atoms with Gasteiger partial charge in [-0.2, -0.15) is 0 Å². The third-order valence-corrected chi connectivity index (χ3v) is 4.24. The molecule has 2 N–H and O–H groups in total. The summed E-state index contributed by atoms with van der Waals surface area (Å²) in [4.78, 5) is 0. The third-order valence-electron chi connectivity index (χ3n) is 4.24. The van der Waals surface area contributed by atoms with Crippen LogP contribution in [0.1, 0.15) is 51.9 Å². The van der Waals surface area contributed by atoms with E-state index in [2.05, 4.69) is 12.2 Å². The summed E-state index contributed by atoms with van der Waals surface area (Å²) in [7, 11) is 0. The first-order chi connectivity index (χ1) is 7.27. The van der Waals surface area contributed by atoms with Gasteiger partial charge in [-0.25, -0.2) is 0 Å². The molecule has 0 spiro atoms. The van der Waals surface area contributed by atoms with Crippen LogP contribution in [0.2, 0.25) is 0 Å². The van der Waals surface area contributed by atoms with Crippen molar-refractivity contribution in [3.05, 3.63) is 0 Å². The maximum absolute atomic E-state index is 10.1. The summed E-state index contributed by atoms with van der Waals surface area (Å²) < 4.78 is 0.